The highest BCUT2D eigenvalue weighted by molar-refractivity contribution is 5.84. The second-order valence-electron chi connectivity index (χ2n) is 4.20. The van der Waals surface area contributed by atoms with E-state index in [1.807, 2.05) is 5.43 Å². The first kappa shape index (κ1) is 17.1. The summed E-state index contributed by atoms with van der Waals surface area (Å²) >= 11 is 0. The fraction of sp³-hybridized carbons (Fsp3) is 0.417. The third kappa shape index (κ3) is 5.17. The molecule has 6 N–H and O–H groups in total. The van der Waals surface area contributed by atoms with Crippen LogP contribution in [-0.2, 0) is 4.79 Å². The molecule has 21 heavy (non-hydrogen) atoms. The number of nitrogens with zero attached hydrogens (tertiary/aromatic N) is 2. The van der Waals surface area contributed by atoms with E-state index in [9.17, 15) is 20.1 Å². The number of amides is 1. The fourth-order valence-corrected chi connectivity index (χ4v) is 1.37. The first-order valence-corrected chi connectivity index (χ1v) is 6.03. The zero-order valence-electron chi connectivity index (χ0n) is 10.9. The van der Waals surface area contributed by atoms with Crippen molar-refractivity contribution in [2.45, 2.75) is 24.4 Å². The number of nitrogens with one attached hydrogen (secondary N) is 1. The lowest BCUT2D eigenvalue weighted by molar-refractivity contribution is -0.148. The third-order valence-corrected chi connectivity index (χ3v) is 2.60. The Morgan fingerprint density at radius 3 is 2.62 bits per heavy atom. The van der Waals surface area contributed by atoms with Gasteiger partial charge in [-0.15, -0.1) is 0 Å². The molecule has 9 nitrogen and oxygen atoms in total. The van der Waals surface area contributed by atoms with Crippen LogP contribution >= 0.6 is 0 Å². The molecule has 116 valence electrons. The van der Waals surface area contributed by atoms with Gasteiger partial charge in [-0.05, 0) is 6.07 Å². The van der Waals surface area contributed by atoms with Crippen LogP contribution in [0.3, 0.4) is 0 Å². The minimum absolute atomic E-state index is 0.601. The van der Waals surface area contributed by atoms with Gasteiger partial charge in [-0.3, -0.25) is 9.78 Å². The number of carbonyl (C=O) groups excluding carboxylic acids is 1. The highest BCUT2D eigenvalue weighted by Crippen LogP contribution is 2.05. The van der Waals surface area contributed by atoms with E-state index in [0.29, 0.717) is 5.56 Å². The average Bonchev–Trinajstić information content (AvgIpc) is 2.52. The van der Waals surface area contributed by atoms with Crippen molar-refractivity contribution < 1.29 is 30.3 Å². The highest BCUT2D eigenvalue weighted by Gasteiger charge is 2.34. The van der Waals surface area contributed by atoms with E-state index in [0.717, 1.165) is 0 Å². The number of rotatable bonds is 7. The number of pyridine rings is 1. The largest absolute Gasteiger partial charge is 0.394 e. The minimum atomic E-state index is -2.02. The van der Waals surface area contributed by atoms with E-state index in [1.165, 1.54) is 12.4 Å². The van der Waals surface area contributed by atoms with Crippen molar-refractivity contribution in [1.29, 1.82) is 0 Å². The Balaban J connectivity index is 2.53. The lowest BCUT2D eigenvalue weighted by atomic mass is 10.0. The monoisotopic (exact) mass is 299 g/mol. The summed E-state index contributed by atoms with van der Waals surface area (Å²) in [5.74, 6) is -1.08. The summed E-state index contributed by atoms with van der Waals surface area (Å²) in [6.07, 6.45) is -3.23. The van der Waals surface area contributed by atoms with Crippen molar-refractivity contribution in [3.8, 4) is 0 Å². The van der Waals surface area contributed by atoms with Gasteiger partial charge in [-0.1, -0.05) is 6.07 Å². The van der Waals surface area contributed by atoms with Crippen LogP contribution in [0.15, 0.2) is 29.6 Å². The highest BCUT2D eigenvalue weighted by atomic mass is 16.4. The summed E-state index contributed by atoms with van der Waals surface area (Å²) in [5.41, 5.74) is 2.56. The lowest BCUT2D eigenvalue weighted by Crippen LogP contribution is -2.50. The van der Waals surface area contributed by atoms with Crippen molar-refractivity contribution in [3.63, 3.8) is 0 Å². The van der Waals surface area contributed by atoms with Crippen LogP contribution in [0.1, 0.15) is 5.56 Å². The van der Waals surface area contributed by atoms with Crippen LogP contribution in [0.2, 0.25) is 0 Å². The molecule has 4 atom stereocenters. The summed E-state index contributed by atoms with van der Waals surface area (Å²) in [5, 5.41) is 49.6. The standard InChI is InChI=1S/C12H17N3O6/c16-6-8(17)9(18)10(19)11(20)12(21)15-14-5-7-2-1-3-13-4-7/h1-5,8-11,16-20H,6H2,(H,15,21)/b14-5+/t8-,9-,10-,11-/m1/s1. The molecule has 1 aromatic rings. The van der Waals surface area contributed by atoms with Crippen LogP contribution in [0.4, 0.5) is 0 Å². The van der Waals surface area contributed by atoms with Gasteiger partial charge in [0, 0.05) is 18.0 Å². The topological polar surface area (TPSA) is 156 Å². The molecule has 0 saturated heterocycles. The Morgan fingerprint density at radius 2 is 2.05 bits per heavy atom. The molecule has 0 aliphatic rings. The molecule has 0 saturated carbocycles. The normalized spacial score (nSPS) is 17.2. The zero-order chi connectivity index (χ0) is 15.8. The first-order chi connectivity index (χ1) is 9.97. The van der Waals surface area contributed by atoms with Crippen LogP contribution in [0.5, 0.6) is 0 Å². The van der Waals surface area contributed by atoms with E-state index in [1.54, 1.807) is 18.3 Å². The molecule has 0 fully saturated rings. The molecule has 0 aliphatic carbocycles. The molecule has 1 rings (SSSR count). The van der Waals surface area contributed by atoms with Crippen molar-refractivity contribution in [1.82, 2.24) is 10.4 Å². The van der Waals surface area contributed by atoms with E-state index in [4.69, 9.17) is 10.2 Å². The molecule has 0 unspecified atom stereocenters. The molecule has 1 aromatic heterocycles. The number of hydrazone groups is 1. The molecule has 1 heterocycles. The Bertz CT molecular complexity index is 469. The molecule has 0 radical (unpaired) electrons. The van der Waals surface area contributed by atoms with Crippen molar-refractivity contribution in [2.75, 3.05) is 6.61 Å². The van der Waals surface area contributed by atoms with Crippen LogP contribution in [0, 0.1) is 0 Å². The third-order valence-electron chi connectivity index (χ3n) is 2.60. The number of hydrogen-bond acceptors (Lipinski definition) is 8. The number of aliphatic hydroxyl groups is 5. The molecular formula is C12H17N3O6. The average molecular weight is 299 g/mol. The van der Waals surface area contributed by atoms with Crippen molar-refractivity contribution in [2.24, 2.45) is 5.10 Å². The molecule has 0 aliphatic heterocycles. The van der Waals surface area contributed by atoms with Crippen LogP contribution in [-0.4, -0.2) is 73.7 Å². The Labute approximate surface area is 120 Å². The molecule has 0 spiro atoms. The molecular weight excluding hydrogens is 282 g/mol. The maximum absolute atomic E-state index is 11.5. The van der Waals surface area contributed by atoms with Gasteiger partial charge in [0.1, 0.15) is 18.3 Å². The quantitative estimate of drug-likeness (QED) is 0.231. The van der Waals surface area contributed by atoms with Gasteiger partial charge in [0.25, 0.3) is 5.91 Å². The molecule has 0 bridgehead atoms. The molecule has 0 aromatic carbocycles. The number of aromatic nitrogens is 1. The number of carbonyl (C=O) groups is 1. The summed E-state index contributed by atoms with van der Waals surface area (Å²) < 4.78 is 0. The SMILES string of the molecule is O=C(N/N=C/c1cccnc1)[C@H](O)[C@H](O)[C@H](O)[C@H](O)CO. The van der Waals surface area contributed by atoms with Crippen LogP contribution in [0.25, 0.3) is 0 Å². The van der Waals surface area contributed by atoms with E-state index >= 15 is 0 Å². The molecule has 1 amide bonds. The summed E-state index contributed by atoms with van der Waals surface area (Å²) in [4.78, 5) is 15.3. The zero-order valence-corrected chi connectivity index (χ0v) is 10.9. The summed E-state index contributed by atoms with van der Waals surface area (Å²) in [7, 11) is 0. The van der Waals surface area contributed by atoms with Gasteiger partial charge in [-0.2, -0.15) is 5.10 Å². The van der Waals surface area contributed by atoms with E-state index < -0.39 is 36.9 Å². The number of aliphatic hydroxyl groups excluding tert-OH is 5. The number of hydrogen-bond donors (Lipinski definition) is 6. The lowest BCUT2D eigenvalue weighted by Gasteiger charge is -2.24. The second-order valence-corrected chi connectivity index (χ2v) is 4.20. The minimum Gasteiger partial charge on any atom is -0.394 e. The van der Waals surface area contributed by atoms with Gasteiger partial charge in [0.05, 0.1) is 12.8 Å². The van der Waals surface area contributed by atoms with E-state index in [2.05, 4.69) is 10.1 Å². The smallest absolute Gasteiger partial charge is 0.271 e. The maximum atomic E-state index is 11.5. The van der Waals surface area contributed by atoms with Gasteiger partial charge in [0.2, 0.25) is 0 Å². The predicted octanol–water partition coefficient (Wildman–Crippen LogP) is -3.03. The van der Waals surface area contributed by atoms with E-state index in [-0.39, 0.29) is 0 Å². The Morgan fingerprint density at radius 1 is 1.33 bits per heavy atom. The van der Waals surface area contributed by atoms with Crippen LogP contribution < -0.4 is 5.43 Å². The molecule has 9 heteroatoms. The van der Waals surface area contributed by atoms with Gasteiger partial charge < -0.3 is 25.5 Å². The Hall–Kier alpha value is -1.91. The maximum Gasteiger partial charge on any atom is 0.271 e. The second kappa shape index (κ2) is 8.39. The van der Waals surface area contributed by atoms with Gasteiger partial charge in [0.15, 0.2) is 6.10 Å². The Kier molecular flexibility index (Phi) is 6.85. The predicted molar refractivity (Wildman–Crippen MR) is 71.1 cm³/mol. The van der Waals surface area contributed by atoms with Gasteiger partial charge >= 0.3 is 0 Å². The summed E-state index contributed by atoms with van der Waals surface area (Å²) in [6.45, 7) is -0.828. The summed E-state index contributed by atoms with van der Waals surface area (Å²) in [6, 6.07) is 3.34. The first-order valence-electron chi connectivity index (χ1n) is 6.03. The fourth-order valence-electron chi connectivity index (χ4n) is 1.37. The van der Waals surface area contributed by atoms with Crippen molar-refractivity contribution in [3.05, 3.63) is 30.1 Å². The van der Waals surface area contributed by atoms with Gasteiger partial charge in [-0.25, -0.2) is 5.43 Å². The van der Waals surface area contributed by atoms with Crippen molar-refractivity contribution >= 4 is 12.1 Å².